The van der Waals surface area contributed by atoms with Gasteiger partial charge in [-0.2, -0.15) is 0 Å². The maximum Gasteiger partial charge on any atom is 0.237 e. The highest BCUT2D eigenvalue weighted by Gasteiger charge is 2.47. The van der Waals surface area contributed by atoms with Crippen LogP contribution < -0.4 is 10.6 Å². The van der Waals surface area contributed by atoms with E-state index < -0.39 is 35.9 Å². The molecule has 0 aromatic rings. The van der Waals surface area contributed by atoms with Crippen LogP contribution in [0.4, 0.5) is 0 Å². The number of ether oxygens (including phenoxy) is 1. The molecule has 5 N–H and O–H groups in total. The first kappa shape index (κ1) is 24.2. The first-order chi connectivity index (χ1) is 14.3. The van der Waals surface area contributed by atoms with Gasteiger partial charge in [0.1, 0.15) is 29.9 Å². The fraction of sp³-hybridized carbons (Fsp3) is 0.952. The number of thioether (sulfide) groups is 1. The third kappa shape index (κ3) is 5.68. The largest absolute Gasteiger partial charge is 0.388 e. The first-order valence-electron chi connectivity index (χ1n) is 11.3. The van der Waals surface area contributed by atoms with Crippen LogP contribution in [0.1, 0.15) is 39.5 Å². The predicted octanol–water partition coefficient (Wildman–Crippen LogP) is -0.238. The smallest absolute Gasteiger partial charge is 0.237 e. The van der Waals surface area contributed by atoms with Crippen molar-refractivity contribution in [3.05, 3.63) is 0 Å². The van der Waals surface area contributed by atoms with Crippen LogP contribution in [0.5, 0.6) is 0 Å². The highest BCUT2D eigenvalue weighted by Crippen LogP contribution is 2.30. The Hall–Kier alpha value is -0.420. The van der Waals surface area contributed by atoms with E-state index in [-0.39, 0.29) is 17.9 Å². The number of piperidine rings is 1. The predicted molar refractivity (Wildman–Crippen MR) is 117 cm³/mol. The van der Waals surface area contributed by atoms with Crippen LogP contribution in [-0.2, 0) is 9.53 Å². The van der Waals surface area contributed by atoms with Gasteiger partial charge in [0.15, 0.2) is 0 Å². The summed E-state index contributed by atoms with van der Waals surface area (Å²) in [5.74, 6) is 0.409. The zero-order chi connectivity index (χ0) is 21.8. The molecule has 3 saturated heterocycles. The van der Waals surface area contributed by atoms with Crippen LogP contribution >= 0.6 is 11.8 Å². The lowest BCUT2D eigenvalue weighted by atomic mass is 9.87. The third-order valence-electron chi connectivity index (χ3n) is 6.76. The van der Waals surface area contributed by atoms with Gasteiger partial charge in [0.2, 0.25) is 5.91 Å². The summed E-state index contributed by atoms with van der Waals surface area (Å²) in [7, 11) is 0. The summed E-state index contributed by atoms with van der Waals surface area (Å²) in [5, 5.41) is 37.4. The quantitative estimate of drug-likeness (QED) is 0.365. The van der Waals surface area contributed by atoms with Crippen molar-refractivity contribution in [3.63, 3.8) is 0 Å². The zero-order valence-corrected chi connectivity index (χ0v) is 19.2. The number of nitrogens with zero attached hydrogens (tertiary/aromatic N) is 1. The molecule has 0 bridgehead atoms. The third-order valence-corrected chi connectivity index (χ3v) is 7.62. The number of aliphatic hydroxyl groups is 3. The number of nitrogens with one attached hydrogen (secondary N) is 2. The lowest BCUT2D eigenvalue weighted by Crippen LogP contribution is -2.65. The molecule has 0 aliphatic carbocycles. The van der Waals surface area contributed by atoms with E-state index in [1.54, 1.807) is 6.26 Å². The van der Waals surface area contributed by atoms with E-state index in [0.717, 1.165) is 39.0 Å². The van der Waals surface area contributed by atoms with Crippen molar-refractivity contribution in [2.75, 3.05) is 32.4 Å². The fourth-order valence-electron chi connectivity index (χ4n) is 4.95. The molecular weight excluding hydrogens is 406 g/mol. The maximum absolute atomic E-state index is 13.1. The number of amides is 1. The molecule has 30 heavy (non-hydrogen) atoms. The second-order valence-corrected chi connectivity index (χ2v) is 10.3. The molecule has 3 rings (SSSR count). The standard InChI is InChI=1S/C21H39N3O5S/c1-12(2)15(19-17(26)16(25)18(27)21(29-19)30-3)23-20(28)14-10-13(6-7-22-14)11-24-8-4-5-9-24/h12-19,21-22,25-27H,4-11H2,1-3H3,(H,23,28). The SMILES string of the molecule is CSC1OC(C(NC(=O)C2CC(CN3CCCC3)CCN2)C(C)C)C(O)C(O)C1O. The Balaban J connectivity index is 1.61. The second-order valence-electron chi connectivity index (χ2n) is 9.36. The van der Waals surface area contributed by atoms with Crippen molar-refractivity contribution < 1.29 is 24.9 Å². The van der Waals surface area contributed by atoms with Crippen molar-refractivity contribution in [1.29, 1.82) is 0 Å². The Morgan fingerprint density at radius 3 is 2.53 bits per heavy atom. The van der Waals surface area contributed by atoms with Gasteiger partial charge in [-0.05, 0) is 63.4 Å². The summed E-state index contributed by atoms with van der Waals surface area (Å²) >= 11 is 1.28. The van der Waals surface area contributed by atoms with Gasteiger partial charge in [0.05, 0.1) is 12.1 Å². The minimum Gasteiger partial charge on any atom is -0.388 e. The van der Waals surface area contributed by atoms with Crippen LogP contribution in [0, 0.1) is 11.8 Å². The van der Waals surface area contributed by atoms with Crippen molar-refractivity contribution in [2.24, 2.45) is 11.8 Å². The van der Waals surface area contributed by atoms with Crippen LogP contribution in [0.3, 0.4) is 0 Å². The van der Waals surface area contributed by atoms with Gasteiger partial charge in [-0.3, -0.25) is 4.79 Å². The van der Waals surface area contributed by atoms with Crippen molar-refractivity contribution >= 4 is 17.7 Å². The summed E-state index contributed by atoms with van der Waals surface area (Å²) in [6.45, 7) is 8.12. The maximum atomic E-state index is 13.1. The molecule has 3 aliphatic rings. The van der Waals surface area contributed by atoms with E-state index in [9.17, 15) is 20.1 Å². The molecule has 8 atom stereocenters. The Morgan fingerprint density at radius 2 is 1.90 bits per heavy atom. The van der Waals surface area contributed by atoms with E-state index in [2.05, 4.69) is 15.5 Å². The molecule has 0 spiro atoms. The van der Waals surface area contributed by atoms with E-state index in [1.165, 1.54) is 24.6 Å². The molecule has 3 fully saturated rings. The average Bonchev–Trinajstić information content (AvgIpc) is 3.24. The molecule has 3 aliphatic heterocycles. The van der Waals surface area contributed by atoms with Gasteiger partial charge in [-0.15, -0.1) is 11.8 Å². The van der Waals surface area contributed by atoms with Gasteiger partial charge < -0.3 is 35.6 Å². The topological polar surface area (TPSA) is 114 Å². The van der Waals surface area contributed by atoms with Gasteiger partial charge in [0.25, 0.3) is 0 Å². The van der Waals surface area contributed by atoms with E-state index >= 15 is 0 Å². The minimum atomic E-state index is -1.31. The summed E-state index contributed by atoms with van der Waals surface area (Å²) in [4.78, 5) is 15.6. The zero-order valence-electron chi connectivity index (χ0n) is 18.4. The summed E-state index contributed by atoms with van der Waals surface area (Å²) in [5.41, 5.74) is -0.649. The average molecular weight is 446 g/mol. The van der Waals surface area contributed by atoms with Crippen LogP contribution in [0.2, 0.25) is 0 Å². The summed E-state index contributed by atoms with van der Waals surface area (Å²) < 4.78 is 5.91. The lowest BCUT2D eigenvalue weighted by Gasteiger charge is -2.44. The molecule has 0 aromatic carbocycles. The van der Waals surface area contributed by atoms with E-state index in [0.29, 0.717) is 5.92 Å². The Bertz CT molecular complexity index is 561. The van der Waals surface area contributed by atoms with Gasteiger partial charge in [-0.1, -0.05) is 13.8 Å². The van der Waals surface area contributed by atoms with Crippen LogP contribution in [0.25, 0.3) is 0 Å². The first-order valence-corrected chi connectivity index (χ1v) is 12.6. The molecular formula is C21H39N3O5S. The number of rotatable bonds is 7. The highest BCUT2D eigenvalue weighted by atomic mass is 32.2. The molecule has 1 amide bonds. The van der Waals surface area contributed by atoms with Crippen molar-refractivity contribution in [1.82, 2.24) is 15.5 Å². The van der Waals surface area contributed by atoms with Crippen LogP contribution in [-0.4, -0.2) is 100 Å². The molecule has 0 radical (unpaired) electrons. The highest BCUT2D eigenvalue weighted by molar-refractivity contribution is 7.99. The summed E-state index contributed by atoms with van der Waals surface area (Å²) in [6.07, 6.45) is 1.68. The Labute approximate surface area is 184 Å². The molecule has 8 unspecified atom stereocenters. The second kappa shape index (κ2) is 10.9. The van der Waals surface area contributed by atoms with Crippen molar-refractivity contribution in [3.8, 4) is 0 Å². The normalized spacial score (nSPS) is 39.2. The number of likely N-dealkylation sites (tertiary alicyclic amines) is 1. The molecule has 174 valence electrons. The van der Waals surface area contributed by atoms with E-state index in [1.807, 2.05) is 13.8 Å². The van der Waals surface area contributed by atoms with Crippen molar-refractivity contribution in [2.45, 2.75) is 81.5 Å². The number of hydrogen-bond acceptors (Lipinski definition) is 8. The molecule has 3 heterocycles. The molecule has 0 saturated carbocycles. The number of hydrogen-bond donors (Lipinski definition) is 5. The fourth-order valence-corrected chi connectivity index (χ4v) is 5.63. The number of carbonyl (C=O) groups is 1. The molecule has 8 nitrogen and oxygen atoms in total. The lowest BCUT2D eigenvalue weighted by molar-refractivity contribution is -0.208. The Kier molecular flexibility index (Phi) is 8.83. The number of carbonyl (C=O) groups excluding carboxylic acids is 1. The Morgan fingerprint density at radius 1 is 1.20 bits per heavy atom. The van der Waals surface area contributed by atoms with E-state index in [4.69, 9.17) is 4.74 Å². The van der Waals surface area contributed by atoms with Gasteiger partial charge in [-0.25, -0.2) is 0 Å². The van der Waals surface area contributed by atoms with Gasteiger partial charge >= 0.3 is 0 Å². The molecule has 0 aromatic heterocycles. The minimum absolute atomic E-state index is 0.0115. The van der Waals surface area contributed by atoms with Gasteiger partial charge in [0, 0.05) is 6.54 Å². The number of aliphatic hydroxyl groups excluding tert-OH is 3. The molecule has 9 heteroatoms. The monoisotopic (exact) mass is 445 g/mol. The van der Waals surface area contributed by atoms with Crippen LogP contribution in [0.15, 0.2) is 0 Å². The summed E-state index contributed by atoms with van der Waals surface area (Å²) in [6, 6.07) is -0.731.